The average Bonchev–Trinajstić information content (AvgIpc) is 3.16. The quantitative estimate of drug-likeness (QED) is 0.478. The topological polar surface area (TPSA) is 105 Å². The summed E-state index contributed by atoms with van der Waals surface area (Å²) < 4.78 is 15.1. The van der Waals surface area contributed by atoms with Gasteiger partial charge in [-0.15, -0.1) is 10.2 Å². The van der Waals surface area contributed by atoms with Crippen LogP contribution < -0.4 is 9.47 Å². The van der Waals surface area contributed by atoms with Crippen molar-refractivity contribution < 1.29 is 23.8 Å². The molecule has 0 aliphatic carbocycles. The van der Waals surface area contributed by atoms with Crippen LogP contribution >= 0.6 is 0 Å². The van der Waals surface area contributed by atoms with E-state index in [1.165, 1.54) is 32.4 Å². The fourth-order valence-electron chi connectivity index (χ4n) is 2.28. The van der Waals surface area contributed by atoms with Gasteiger partial charge in [0, 0.05) is 5.56 Å². The van der Waals surface area contributed by atoms with Gasteiger partial charge in [-0.2, -0.15) is 4.80 Å². The average molecular weight is 368 g/mol. The Morgan fingerprint density at radius 3 is 2.52 bits per heavy atom. The Labute approximate surface area is 154 Å². The van der Waals surface area contributed by atoms with Crippen LogP contribution in [0.1, 0.15) is 10.4 Å². The zero-order valence-corrected chi connectivity index (χ0v) is 14.7. The molecule has 0 unspecified atom stereocenters. The number of hydrogen-bond donors (Lipinski definition) is 0. The summed E-state index contributed by atoms with van der Waals surface area (Å²) in [4.78, 5) is 24.9. The molecule has 3 rings (SSSR count). The lowest BCUT2D eigenvalue weighted by Gasteiger charge is -2.10. The number of rotatable bonds is 6. The second kappa shape index (κ2) is 8.09. The van der Waals surface area contributed by atoms with E-state index in [4.69, 9.17) is 9.47 Å². The molecule has 0 saturated carbocycles. The summed E-state index contributed by atoms with van der Waals surface area (Å²) in [6.07, 6.45) is 0. The lowest BCUT2D eigenvalue weighted by Crippen LogP contribution is -2.18. The van der Waals surface area contributed by atoms with Gasteiger partial charge in [0.1, 0.15) is 0 Å². The summed E-state index contributed by atoms with van der Waals surface area (Å²) in [5, 5.41) is 11.9. The highest BCUT2D eigenvalue weighted by Crippen LogP contribution is 2.28. The number of carbonyl (C=O) groups is 2. The summed E-state index contributed by atoms with van der Waals surface area (Å²) >= 11 is 0. The minimum Gasteiger partial charge on any atom is -0.493 e. The van der Waals surface area contributed by atoms with Gasteiger partial charge in [0.25, 0.3) is 0 Å². The molecule has 0 saturated heterocycles. The number of aromatic nitrogens is 4. The summed E-state index contributed by atoms with van der Waals surface area (Å²) in [6.45, 7) is -0.234. The molecule has 0 atom stereocenters. The van der Waals surface area contributed by atoms with Crippen LogP contribution in [0, 0.1) is 0 Å². The Kier molecular flexibility index (Phi) is 5.41. The van der Waals surface area contributed by atoms with Gasteiger partial charge in [0.2, 0.25) is 5.82 Å². The van der Waals surface area contributed by atoms with E-state index < -0.39 is 11.9 Å². The second-order valence-electron chi connectivity index (χ2n) is 5.34. The highest BCUT2D eigenvalue weighted by Gasteiger charge is 2.16. The number of nitrogens with zero attached hydrogens (tertiary/aromatic N) is 4. The van der Waals surface area contributed by atoms with Crippen LogP contribution in [0.4, 0.5) is 0 Å². The van der Waals surface area contributed by atoms with Crippen molar-refractivity contribution in [2.45, 2.75) is 6.54 Å². The monoisotopic (exact) mass is 368 g/mol. The zero-order valence-electron chi connectivity index (χ0n) is 14.7. The molecule has 0 amide bonds. The zero-order chi connectivity index (χ0) is 19.2. The van der Waals surface area contributed by atoms with Crippen molar-refractivity contribution >= 4 is 11.9 Å². The van der Waals surface area contributed by atoms with Crippen LogP contribution in [0.2, 0.25) is 0 Å². The van der Waals surface area contributed by atoms with Gasteiger partial charge in [0.15, 0.2) is 18.0 Å². The van der Waals surface area contributed by atoms with Crippen LogP contribution in [0.5, 0.6) is 11.5 Å². The van der Waals surface area contributed by atoms with E-state index in [0.29, 0.717) is 5.82 Å². The third-order valence-corrected chi connectivity index (χ3v) is 3.56. The van der Waals surface area contributed by atoms with Gasteiger partial charge in [-0.1, -0.05) is 30.3 Å². The minimum atomic E-state index is -0.615. The van der Waals surface area contributed by atoms with Crippen molar-refractivity contribution in [3.8, 4) is 22.9 Å². The summed E-state index contributed by atoms with van der Waals surface area (Å²) in [5.41, 5.74) is 1.07. The Morgan fingerprint density at radius 1 is 1.04 bits per heavy atom. The van der Waals surface area contributed by atoms with Gasteiger partial charge >= 0.3 is 11.9 Å². The summed E-state index contributed by atoms with van der Waals surface area (Å²) in [5.74, 6) is -0.340. The smallest absolute Gasteiger partial charge is 0.337 e. The molecule has 1 aromatic heterocycles. The third-order valence-electron chi connectivity index (χ3n) is 3.56. The Morgan fingerprint density at radius 2 is 1.81 bits per heavy atom. The van der Waals surface area contributed by atoms with E-state index >= 15 is 0 Å². The molecule has 1 heterocycles. The molecular formula is C18H16N4O5. The van der Waals surface area contributed by atoms with Crippen LogP contribution in [0.3, 0.4) is 0 Å². The lowest BCUT2D eigenvalue weighted by atomic mass is 10.2. The molecule has 0 spiro atoms. The van der Waals surface area contributed by atoms with Gasteiger partial charge in [-0.3, -0.25) is 0 Å². The van der Waals surface area contributed by atoms with E-state index in [1.54, 1.807) is 0 Å². The standard InChI is InChI=1S/C18H16N4O5/c1-25-15-10-13(18(24)26-2)8-9-14(15)27-16(23)11-22-20-17(19-21-22)12-6-4-3-5-7-12/h3-10H,11H2,1-2H3. The predicted octanol–water partition coefficient (Wildman–Crippen LogP) is 1.74. The first kappa shape index (κ1) is 18.1. The molecule has 3 aromatic rings. The number of methoxy groups -OCH3 is 2. The molecule has 27 heavy (non-hydrogen) atoms. The Balaban J connectivity index is 1.69. The van der Waals surface area contributed by atoms with Crippen molar-refractivity contribution in [3.05, 3.63) is 54.1 Å². The molecule has 0 aliphatic heterocycles. The fraction of sp³-hybridized carbons (Fsp3) is 0.167. The first-order chi connectivity index (χ1) is 13.1. The van der Waals surface area contributed by atoms with E-state index in [2.05, 4.69) is 20.1 Å². The normalized spacial score (nSPS) is 10.3. The van der Waals surface area contributed by atoms with Crippen molar-refractivity contribution in [2.24, 2.45) is 0 Å². The van der Waals surface area contributed by atoms with Crippen LogP contribution in [-0.4, -0.2) is 46.4 Å². The van der Waals surface area contributed by atoms with Crippen molar-refractivity contribution in [3.63, 3.8) is 0 Å². The minimum absolute atomic E-state index is 0.165. The first-order valence-corrected chi connectivity index (χ1v) is 7.91. The summed E-state index contributed by atoms with van der Waals surface area (Å²) in [6, 6.07) is 13.6. The Bertz CT molecular complexity index is 955. The van der Waals surface area contributed by atoms with Gasteiger partial charge < -0.3 is 14.2 Å². The van der Waals surface area contributed by atoms with Gasteiger partial charge in [-0.05, 0) is 23.4 Å². The molecule has 0 fully saturated rings. The van der Waals surface area contributed by atoms with Crippen LogP contribution in [-0.2, 0) is 16.1 Å². The molecular weight excluding hydrogens is 352 g/mol. The Hall–Kier alpha value is -3.75. The first-order valence-electron chi connectivity index (χ1n) is 7.91. The van der Waals surface area contributed by atoms with Crippen molar-refractivity contribution in [1.82, 2.24) is 20.2 Å². The number of ether oxygens (including phenoxy) is 3. The molecule has 2 aromatic carbocycles. The number of tetrazole rings is 1. The molecule has 9 heteroatoms. The maximum Gasteiger partial charge on any atom is 0.337 e. The van der Waals surface area contributed by atoms with E-state index in [0.717, 1.165) is 10.4 Å². The van der Waals surface area contributed by atoms with Crippen molar-refractivity contribution in [2.75, 3.05) is 14.2 Å². The summed E-state index contributed by atoms with van der Waals surface area (Å²) in [7, 11) is 2.68. The lowest BCUT2D eigenvalue weighted by molar-refractivity contribution is -0.135. The second-order valence-corrected chi connectivity index (χ2v) is 5.34. The van der Waals surface area contributed by atoms with E-state index in [9.17, 15) is 9.59 Å². The molecule has 0 radical (unpaired) electrons. The molecule has 0 bridgehead atoms. The highest BCUT2D eigenvalue weighted by atomic mass is 16.6. The van der Waals surface area contributed by atoms with E-state index in [-0.39, 0.29) is 23.6 Å². The fourth-order valence-corrected chi connectivity index (χ4v) is 2.28. The number of carbonyl (C=O) groups excluding carboxylic acids is 2. The molecule has 0 N–H and O–H groups in total. The molecule has 9 nitrogen and oxygen atoms in total. The largest absolute Gasteiger partial charge is 0.493 e. The van der Waals surface area contributed by atoms with Crippen LogP contribution in [0.25, 0.3) is 11.4 Å². The highest BCUT2D eigenvalue weighted by molar-refractivity contribution is 5.90. The van der Waals surface area contributed by atoms with Crippen LogP contribution in [0.15, 0.2) is 48.5 Å². The van der Waals surface area contributed by atoms with E-state index in [1.807, 2.05) is 30.3 Å². The maximum absolute atomic E-state index is 12.2. The predicted molar refractivity (Wildman–Crippen MR) is 93.2 cm³/mol. The van der Waals surface area contributed by atoms with Crippen molar-refractivity contribution in [1.29, 1.82) is 0 Å². The number of hydrogen-bond acceptors (Lipinski definition) is 8. The molecule has 0 aliphatic rings. The van der Waals surface area contributed by atoms with Gasteiger partial charge in [-0.25, -0.2) is 9.59 Å². The number of benzene rings is 2. The number of esters is 2. The molecule has 138 valence electrons. The third kappa shape index (κ3) is 4.27. The SMILES string of the molecule is COC(=O)c1ccc(OC(=O)Cn2nnc(-c3ccccc3)n2)c(OC)c1. The van der Waals surface area contributed by atoms with Gasteiger partial charge in [0.05, 0.1) is 19.8 Å². The maximum atomic E-state index is 12.2.